The van der Waals surface area contributed by atoms with Gasteiger partial charge in [0.25, 0.3) is 0 Å². The lowest BCUT2D eigenvalue weighted by Gasteiger charge is -2.26. The lowest BCUT2D eigenvalue weighted by atomic mass is 9.88. The third-order valence-corrected chi connectivity index (χ3v) is 2.34. The average Bonchev–Trinajstić information content (AvgIpc) is 2.23. The molecule has 3 nitrogen and oxygen atoms in total. The van der Waals surface area contributed by atoms with Crippen molar-refractivity contribution < 1.29 is 14.6 Å². The molecule has 1 rings (SSSR count). The first-order chi connectivity index (χ1) is 7.89. The summed E-state index contributed by atoms with van der Waals surface area (Å²) in [6, 6.07) is 9.72. The van der Waals surface area contributed by atoms with Gasteiger partial charge in [0.2, 0.25) is 0 Å². The Morgan fingerprint density at radius 3 is 2.35 bits per heavy atom. The van der Waals surface area contributed by atoms with E-state index in [-0.39, 0.29) is 5.41 Å². The highest BCUT2D eigenvalue weighted by Gasteiger charge is 2.25. The largest absolute Gasteiger partial charge is 0.506 e. The molecule has 1 unspecified atom stereocenters. The summed E-state index contributed by atoms with van der Waals surface area (Å²) in [5.74, 6) is 0. The number of rotatable bonds is 3. The van der Waals surface area contributed by atoms with E-state index in [1.807, 2.05) is 57.2 Å². The fraction of sp³-hybridized carbons (Fsp3) is 0.357. The predicted octanol–water partition coefficient (Wildman–Crippen LogP) is 3.81. The zero-order valence-electron chi connectivity index (χ0n) is 10.4. The molecule has 0 fully saturated rings. The average molecular weight is 234 g/mol. The first-order valence-electron chi connectivity index (χ1n) is 5.52. The molecule has 1 aromatic carbocycles. The molecule has 0 aromatic heterocycles. The minimum atomic E-state index is -1.25. The van der Waals surface area contributed by atoms with Gasteiger partial charge in [0.15, 0.2) is 0 Å². The molecular weight excluding hydrogens is 216 g/mol. The van der Waals surface area contributed by atoms with E-state index < -0.39 is 12.3 Å². The Labute approximate surface area is 102 Å². The van der Waals surface area contributed by atoms with Crippen molar-refractivity contribution in [3.05, 3.63) is 42.0 Å². The van der Waals surface area contributed by atoms with Crippen molar-refractivity contribution in [2.45, 2.75) is 26.9 Å². The smallest absolute Gasteiger partial charge is 0.450 e. The van der Waals surface area contributed by atoms with E-state index in [0.29, 0.717) is 0 Å². The van der Waals surface area contributed by atoms with Crippen LogP contribution >= 0.6 is 0 Å². The summed E-state index contributed by atoms with van der Waals surface area (Å²) in [6.07, 6.45) is 1.95. The van der Waals surface area contributed by atoms with Crippen molar-refractivity contribution in [3.8, 4) is 0 Å². The van der Waals surface area contributed by atoms with E-state index in [2.05, 4.69) is 0 Å². The third kappa shape index (κ3) is 4.72. The molecule has 1 aromatic rings. The normalized spacial score (nSPS) is 13.6. The first-order valence-corrected chi connectivity index (χ1v) is 5.52. The quantitative estimate of drug-likeness (QED) is 0.809. The van der Waals surface area contributed by atoms with Gasteiger partial charge in [0.1, 0.15) is 6.10 Å². The Hall–Kier alpha value is -1.77. The van der Waals surface area contributed by atoms with Gasteiger partial charge in [0.05, 0.1) is 0 Å². The second-order valence-electron chi connectivity index (χ2n) is 4.94. The number of hydrogen-bond donors (Lipinski definition) is 1. The summed E-state index contributed by atoms with van der Waals surface area (Å²) in [6.45, 7) is 5.82. The molecule has 17 heavy (non-hydrogen) atoms. The van der Waals surface area contributed by atoms with Gasteiger partial charge in [-0.2, -0.15) is 0 Å². The van der Waals surface area contributed by atoms with Crippen LogP contribution < -0.4 is 0 Å². The maximum absolute atomic E-state index is 10.6. The molecule has 1 atom stereocenters. The molecule has 0 radical (unpaired) electrons. The molecule has 1 N–H and O–H groups in total. The first kappa shape index (κ1) is 13.3. The minimum absolute atomic E-state index is 0.260. The van der Waals surface area contributed by atoms with Gasteiger partial charge < -0.3 is 9.84 Å². The Balaban J connectivity index is 2.80. The summed E-state index contributed by atoms with van der Waals surface area (Å²) >= 11 is 0. The molecule has 0 aliphatic carbocycles. The van der Waals surface area contributed by atoms with Crippen LogP contribution in [0.1, 0.15) is 26.3 Å². The van der Waals surface area contributed by atoms with Crippen LogP contribution in [0, 0.1) is 5.41 Å². The van der Waals surface area contributed by atoms with Crippen LogP contribution in [0.5, 0.6) is 0 Å². The molecule has 0 saturated heterocycles. The Morgan fingerprint density at radius 2 is 1.88 bits per heavy atom. The Kier molecular flexibility index (Phi) is 4.32. The number of carboxylic acid groups (broad SMARTS) is 1. The van der Waals surface area contributed by atoms with E-state index in [9.17, 15) is 4.79 Å². The molecule has 0 aliphatic heterocycles. The van der Waals surface area contributed by atoms with E-state index in [1.165, 1.54) is 0 Å². The predicted molar refractivity (Wildman–Crippen MR) is 67.8 cm³/mol. The van der Waals surface area contributed by atoms with E-state index >= 15 is 0 Å². The topological polar surface area (TPSA) is 46.5 Å². The van der Waals surface area contributed by atoms with Crippen LogP contribution in [-0.2, 0) is 4.74 Å². The van der Waals surface area contributed by atoms with E-state index in [4.69, 9.17) is 9.84 Å². The van der Waals surface area contributed by atoms with Crippen molar-refractivity contribution in [2.24, 2.45) is 5.41 Å². The molecular formula is C14H18O3. The van der Waals surface area contributed by atoms with Crippen LogP contribution in [0.15, 0.2) is 36.4 Å². The van der Waals surface area contributed by atoms with Gasteiger partial charge in [-0.1, -0.05) is 57.2 Å². The zero-order chi connectivity index (χ0) is 12.9. The number of hydrogen-bond acceptors (Lipinski definition) is 2. The molecule has 0 saturated carbocycles. The second-order valence-corrected chi connectivity index (χ2v) is 4.94. The number of carbonyl (C=O) groups is 1. The van der Waals surface area contributed by atoms with Gasteiger partial charge in [-0.25, -0.2) is 4.79 Å². The highest BCUT2D eigenvalue weighted by molar-refractivity contribution is 5.58. The van der Waals surface area contributed by atoms with Crippen molar-refractivity contribution in [2.75, 3.05) is 0 Å². The lowest BCUT2D eigenvalue weighted by Crippen LogP contribution is -2.29. The Bertz CT molecular complexity index is 388. The van der Waals surface area contributed by atoms with Crippen molar-refractivity contribution >= 4 is 12.2 Å². The molecule has 0 spiro atoms. The number of benzene rings is 1. The van der Waals surface area contributed by atoms with E-state index in [0.717, 1.165) is 5.56 Å². The maximum Gasteiger partial charge on any atom is 0.506 e. The highest BCUT2D eigenvalue weighted by Crippen LogP contribution is 2.24. The molecule has 0 amide bonds. The standard InChI is InChI=1S/C14H18O3/c1-14(2,3)12(17-13(15)16)10-9-11-7-5-4-6-8-11/h4-10,12H,1-3H3,(H,15,16)/b10-9+. The Morgan fingerprint density at radius 1 is 1.29 bits per heavy atom. The van der Waals surface area contributed by atoms with Crippen LogP contribution in [0.3, 0.4) is 0 Å². The molecule has 0 aliphatic rings. The van der Waals surface area contributed by atoms with Crippen molar-refractivity contribution in [1.82, 2.24) is 0 Å². The second kappa shape index (κ2) is 5.53. The van der Waals surface area contributed by atoms with Crippen molar-refractivity contribution in [1.29, 1.82) is 0 Å². The van der Waals surface area contributed by atoms with Crippen LogP contribution in [0.4, 0.5) is 4.79 Å². The summed E-state index contributed by atoms with van der Waals surface area (Å²) in [7, 11) is 0. The summed E-state index contributed by atoms with van der Waals surface area (Å²) < 4.78 is 4.87. The summed E-state index contributed by atoms with van der Waals surface area (Å²) in [5, 5.41) is 8.69. The van der Waals surface area contributed by atoms with Crippen LogP contribution in [-0.4, -0.2) is 17.4 Å². The molecule has 3 heteroatoms. The molecule has 0 bridgehead atoms. The third-order valence-electron chi connectivity index (χ3n) is 2.34. The van der Waals surface area contributed by atoms with Crippen LogP contribution in [0.25, 0.3) is 6.08 Å². The fourth-order valence-electron chi connectivity index (χ4n) is 1.38. The fourth-order valence-corrected chi connectivity index (χ4v) is 1.38. The zero-order valence-corrected chi connectivity index (χ0v) is 10.4. The van der Waals surface area contributed by atoms with Gasteiger partial charge in [-0.05, 0) is 11.6 Å². The highest BCUT2D eigenvalue weighted by atomic mass is 16.7. The maximum atomic E-state index is 10.6. The molecule has 0 heterocycles. The summed E-state index contributed by atoms with van der Waals surface area (Å²) in [5.41, 5.74) is 0.764. The summed E-state index contributed by atoms with van der Waals surface area (Å²) in [4.78, 5) is 10.6. The lowest BCUT2D eigenvalue weighted by molar-refractivity contribution is 0.0262. The monoisotopic (exact) mass is 234 g/mol. The van der Waals surface area contributed by atoms with Gasteiger partial charge in [-0.15, -0.1) is 0 Å². The van der Waals surface area contributed by atoms with Crippen LogP contribution in [0.2, 0.25) is 0 Å². The SMILES string of the molecule is CC(C)(C)C(/C=C/c1ccccc1)OC(=O)O. The van der Waals surface area contributed by atoms with E-state index in [1.54, 1.807) is 6.08 Å². The molecule has 92 valence electrons. The van der Waals surface area contributed by atoms with Gasteiger partial charge in [-0.3, -0.25) is 0 Å². The van der Waals surface area contributed by atoms with Crippen molar-refractivity contribution in [3.63, 3.8) is 0 Å². The number of ether oxygens (including phenoxy) is 1. The minimum Gasteiger partial charge on any atom is -0.450 e. The van der Waals surface area contributed by atoms with Gasteiger partial charge in [0, 0.05) is 5.41 Å². The van der Waals surface area contributed by atoms with Gasteiger partial charge >= 0.3 is 6.16 Å².